The molecule has 0 aromatic carbocycles. The lowest BCUT2D eigenvalue weighted by atomic mass is 10.2. The van der Waals surface area contributed by atoms with Gasteiger partial charge in [0.05, 0.1) is 19.3 Å². The van der Waals surface area contributed by atoms with Gasteiger partial charge >= 0.3 is 6.09 Å². The zero-order valence-corrected chi connectivity index (χ0v) is 11.1. The molecule has 102 valence electrons. The molecule has 0 aliphatic carbocycles. The lowest BCUT2D eigenvalue weighted by molar-refractivity contribution is -0.0435. The summed E-state index contributed by atoms with van der Waals surface area (Å²) in [5, 5.41) is 3.46. The van der Waals surface area contributed by atoms with Gasteiger partial charge in [-0.3, -0.25) is 0 Å². The van der Waals surface area contributed by atoms with Gasteiger partial charge in [-0.2, -0.15) is 0 Å². The topological polar surface area (TPSA) is 87.5 Å². The van der Waals surface area contributed by atoms with Crippen molar-refractivity contribution in [1.82, 2.24) is 4.90 Å². The van der Waals surface area contributed by atoms with Crippen molar-refractivity contribution in [1.29, 1.82) is 0 Å². The number of amides is 1. The highest BCUT2D eigenvalue weighted by Gasteiger charge is 2.27. The molecular formula is C11H20N4O3. The fourth-order valence-electron chi connectivity index (χ4n) is 1.63. The van der Waals surface area contributed by atoms with E-state index in [0.717, 1.165) is 0 Å². The van der Waals surface area contributed by atoms with E-state index in [0.29, 0.717) is 32.7 Å². The van der Waals surface area contributed by atoms with Crippen LogP contribution in [0.5, 0.6) is 0 Å². The number of nitrogens with zero attached hydrogens (tertiary/aromatic N) is 4. The van der Waals surface area contributed by atoms with Crippen LogP contribution in [0.3, 0.4) is 0 Å². The Balaban J connectivity index is 2.42. The summed E-state index contributed by atoms with van der Waals surface area (Å²) in [5.74, 6) is 0. The molecule has 0 bridgehead atoms. The Hall–Kier alpha value is -1.46. The number of hydrogen-bond donors (Lipinski definition) is 0. The first-order chi connectivity index (χ1) is 8.42. The maximum atomic E-state index is 11.9. The van der Waals surface area contributed by atoms with Gasteiger partial charge in [-0.25, -0.2) is 4.79 Å². The molecule has 0 aromatic rings. The van der Waals surface area contributed by atoms with Crippen LogP contribution in [0.1, 0.15) is 27.2 Å². The molecule has 0 aromatic heterocycles. The Labute approximate surface area is 107 Å². The zero-order valence-electron chi connectivity index (χ0n) is 11.1. The lowest BCUT2D eigenvalue weighted by Crippen LogP contribution is -2.47. The van der Waals surface area contributed by atoms with E-state index in [9.17, 15) is 4.79 Å². The SMILES string of the molecule is CC(C)(C)OC(=O)N1CCOC(CCN=[N+]=[N-])C1. The largest absolute Gasteiger partial charge is 0.444 e. The normalized spacial score (nSPS) is 20.2. The van der Waals surface area contributed by atoms with Gasteiger partial charge in [-0.15, -0.1) is 0 Å². The summed E-state index contributed by atoms with van der Waals surface area (Å²) in [7, 11) is 0. The maximum Gasteiger partial charge on any atom is 0.410 e. The van der Waals surface area contributed by atoms with E-state index in [1.807, 2.05) is 20.8 Å². The summed E-state index contributed by atoms with van der Waals surface area (Å²) in [4.78, 5) is 16.2. The number of morpholine rings is 1. The standard InChI is InChI=1S/C11H20N4O3/c1-11(2,3)18-10(16)15-6-7-17-9(8-15)4-5-13-14-12/h9H,4-8H2,1-3H3. The molecule has 7 nitrogen and oxygen atoms in total. The minimum Gasteiger partial charge on any atom is -0.444 e. The van der Waals surface area contributed by atoms with E-state index in [4.69, 9.17) is 15.0 Å². The van der Waals surface area contributed by atoms with Crippen molar-refractivity contribution < 1.29 is 14.3 Å². The Morgan fingerprint density at radius 1 is 1.61 bits per heavy atom. The molecule has 0 N–H and O–H groups in total. The van der Waals surface area contributed by atoms with Crippen molar-refractivity contribution in [2.24, 2.45) is 5.11 Å². The minimum atomic E-state index is -0.490. The second kappa shape index (κ2) is 6.47. The number of carbonyl (C=O) groups excluding carboxylic acids is 1. The van der Waals surface area contributed by atoms with Gasteiger partial charge in [-0.05, 0) is 32.7 Å². The molecule has 1 amide bonds. The molecule has 1 saturated heterocycles. The monoisotopic (exact) mass is 256 g/mol. The quantitative estimate of drug-likeness (QED) is 0.441. The van der Waals surface area contributed by atoms with Crippen LogP contribution < -0.4 is 0 Å². The fraction of sp³-hybridized carbons (Fsp3) is 0.909. The summed E-state index contributed by atoms with van der Waals surface area (Å²) in [6, 6.07) is 0. The third-order valence-electron chi connectivity index (χ3n) is 2.40. The molecule has 1 aliphatic heterocycles. The first-order valence-electron chi connectivity index (χ1n) is 6.03. The van der Waals surface area contributed by atoms with Crippen molar-refractivity contribution in [2.75, 3.05) is 26.2 Å². The van der Waals surface area contributed by atoms with Crippen molar-refractivity contribution in [3.63, 3.8) is 0 Å². The first-order valence-corrected chi connectivity index (χ1v) is 6.03. The molecule has 1 rings (SSSR count). The van der Waals surface area contributed by atoms with Crippen molar-refractivity contribution in [2.45, 2.75) is 38.9 Å². The van der Waals surface area contributed by atoms with Crippen molar-refractivity contribution in [3.8, 4) is 0 Å². The molecule has 18 heavy (non-hydrogen) atoms. The van der Waals surface area contributed by atoms with E-state index in [1.165, 1.54) is 0 Å². The zero-order chi connectivity index (χ0) is 13.6. The molecule has 1 heterocycles. The van der Waals surface area contributed by atoms with E-state index in [1.54, 1.807) is 4.90 Å². The number of azide groups is 1. The average Bonchev–Trinajstić information content (AvgIpc) is 2.27. The van der Waals surface area contributed by atoms with Crippen LogP contribution >= 0.6 is 0 Å². The summed E-state index contributed by atoms with van der Waals surface area (Å²) >= 11 is 0. The van der Waals surface area contributed by atoms with Gasteiger partial charge < -0.3 is 14.4 Å². The number of hydrogen-bond acceptors (Lipinski definition) is 4. The third-order valence-corrected chi connectivity index (χ3v) is 2.40. The van der Waals surface area contributed by atoms with E-state index in [2.05, 4.69) is 10.0 Å². The number of ether oxygens (including phenoxy) is 2. The molecule has 1 atom stereocenters. The highest BCUT2D eigenvalue weighted by atomic mass is 16.6. The lowest BCUT2D eigenvalue weighted by Gasteiger charge is -2.34. The number of rotatable bonds is 3. The van der Waals surface area contributed by atoms with E-state index in [-0.39, 0.29) is 12.2 Å². The Bertz CT molecular complexity index is 334. The van der Waals surface area contributed by atoms with E-state index >= 15 is 0 Å². The molecule has 0 radical (unpaired) electrons. The molecule has 0 spiro atoms. The summed E-state index contributed by atoms with van der Waals surface area (Å²) in [6.07, 6.45) is 0.208. The highest BCUT2D eigenvalue weighted by molar-refractivity contribution is 5.68. The van der Waals surface area contributed by atoms with Crippen LogP contribution in [0.25, 0.3) is 10.4 Å². The van der Waals surface area contributed by atoms with Crippen molar-refractivity contribution >= 4 is 6.09 Å². The molecule has 0 saturated carbocycles. The van der Waals surface area contributed by atoms with Crippen LogP contribution in [0, 0.1) is 0 Å². The summed E-state index contributed by atoms with van der Waals surface area (Å²) < 4.78 is 10.8. The third kappa shape index (κ3) is 5.25. The van der Waals surface area contributed by atoms with Crippen LogP contribution in [0.15, 0.2) is 5.11 Å². The molecule has 1 fully saturated rings. The second-order valence-corrected chi connectivity index (χ2v) is 5.16. The Morgan fingerprint density at radius 2 is 2.33 bits per heavy atom. The number of carbonyl (C=O) groups is 1. The van der Waals surface area contributed by atoms with Gasteiger partial charge in [0, 0.05) is 18.0 Å². The molecular weight excluding hydrogens is 236 g/mol. The van der Waals surface area contributed by atoms with Crippen LogP contribution in [0.4, 0.5) is 4.79 Å². The van der Waals surface area contributed by atoms with Crippen LogP contribution in [-0.2, 0) is 9.47 Å². The first kappa shape index (κ1) is 14.6. The van der Waals surface area contributed by atoms with Gasteiger partial charge in [-0.1, -0.05) is 5.11 Å². The Kier molecular flexibility index (Phi) is 5.25. The van der Waals surface area contributed by atoms with Crippen molar-refractivity contribution in [3.05, 3.63) is 10.4 Å². The van der Waals surface area contributed by atoms with E-state index < -0.39 is 5.60 Å². The predicted molar refractivity (Wildman–Crippen MR) is 66.2 cm³/mol. The van der Waals surface area contributed by atoms with Gasteiger partial charge in [0.2, 0.25) is 0 Å². The Morgan fingerprint density at radius 3 is 2.94 bits per heavy atom. The minimum absolute atomic E-state index is 0.0863. The molecule has 1 aliphatic rings. The predicted octanol–water partition coefficient (Wildman–Crippen LogP) is 2.32. The molecule has 1 unspecified atom stereocenters. The maximum absolute atomic E-state index is 11.9. The highest BCUT2D eigenvalue weighted by Crippen LogP contribution is 2.14. The second-order valence-electron chi connectivity index (χ2n) is 5.16. The van der Waals surface area contributed by atoms with Crippen LogP contribution in [-0.4, -0.2) is 48.9 Å². The van der Waals surface area contributed by atoms with Crippen LogP contribution in [0.2, 0.25) is 0 Å². The van der Waals surface area contributed by atoms with Gasteiger partial charge in [0.1, 0.15) is 5.60 Å². The molecule has 7 heteroatoms. The van der Waals surface area contributed by atoms with Gasteiger partial charge in [0.25, 0.3) is 0 Å². The fourth-order valence-corrected chi connectivity index (χ4v) is 1.63. The summed E-state index contributed by atoms with van der Waals surface area (Å²) in [5.41, 5.74) is 7.71. The smallest absolute Gasteiger partial charge is 0.410 e. The summed E-state index contributed by atoms with van der Waals surface area (Å²) in [6.45, 7) is 7.39. The average molecular weight is 256 g/mol. The van der Waals surface area contributed by atoms with Gasteiger partial charge in [0.15, 0.2) is 0 Å².